The molecule has 0 spiro atoms. The summed E-state index contributed by atoms with van der Waals surface area (Å²) in [6.45, 7) is 2.26. The first-order chi connectivity index (χ1) is 8.54. The van der Waals surface area contributed by atoms with Gasteiger partial charge in [-0.2, -0.15) is 0 Å². The summed E-state index contributed by atoms with van der Waals surface area (Å²) in [7, 11) is 0. The first-order valence-corrected chi connectivity index (χ1v) is 7.68. The summed E-state index contributed by atoms with van der Waals surface area (Å²) in [5.74, 6) is 0.835. The normalized spacial score (nSPS) is 28.1. The van der Waals surface area contributed by atoms with Gasteiger partial charge in [-0.15, -0.1) is 0 Å². The third-order valence-electron chi connectivity index (χ3n) is 3.66. The van der Waals surface area contributed by atoms with Crippen LogP contribution in [0.25, 0.3) is 0 Å². The fourth-order valence-corrected chi connectivity index (χ4v) is 3.19. The van der Waals surface area contributed by atoms with E-state index in [-0.39, 0.29) is 22.4 Å². The van der Waals surface area contributed by atoms with E-state index in [0.717, 1.165) is 36.9 Å². The van der Waals surface area contributed by atoms with Gasteiger partial charge in [-0.25, -0.2) is 0 Å². The van der Waals surface area contributed by atoms with Gasteiger partial charge in [-0.1, -0.05) is 22.9 Å². The van der Waals surface area contributed by atoms with Gasteiger partial charge in [-0.3, -0.25) is 4.79 Å². The zero-order valence-electron chi connectivity index (χ0n) is 10.3. The van der Waals surface area contributed by atoms with Crippen molar-refractivity contribution < 1.29 is 9.21 Å². The van der Waals surface area contributed by atoms with Gasteiger partial charge in [0, 0.05) is 5.33 Å². The highest BCUT2D eigenvalue weighted by molar-refractivity contribution is 9.09. The van der Waals surface area contributed by atoms with Gasteiger partial charge in [0.1, 0.15) is 0 Å². The molecule has 1 aromatic heterocycles. The maximum atomic E-state index is 12.1. The molecule has 1 N–H and O–H groups in total. The topological polar surface area (TPSA) is 42.2 Å². The summed E-state index contributed by atoms with van der Waals surface area (Å²) in [5, 5.41) is 4.11. The van der Waals surface area contributed by atoms with Crippen molar-refractivity contribution in [3.63, 3.8) is 0 Å². The monoisotopic (exact) mass is 333 g/mol. The first kappa shape index (κ1) is 13.9. The molecule has 5 heteroatoms. The Labute approximate surface area is 120 Å². The summed E-state index contributed by atoms with van der Waals surface area (Å²) in [4.78, 5) is 12.1. The van der Waals surface area contributed by atoms with Crippen LogP contribution in [0.1, 0.15) is 43.2 Å². The van der Waals surface area contributed by atoms with Crippen molar-refractivity contribution in [2.45, 2.75) is 38.1 Å². The summed E-state index contributed by atoms with van der Waals surface area (Å²) >= 11 is 9.20. The highest BCUT2D eigenvalue weighted by atomic mass is 79.9. The molecule has 100 valence electrons. The van der Waals surface area contributed by atoms with E-state index in [4.69, 9.17) is 16.0 Å². The average Bonchev–Trinajstić information content (AvgIpc) is 2.79. The lowest BCUT2D eigenvalue weighted by Gasteiger charge is -2.38. The predicted molar refractivity (Wildman–Crippen MR) is 75.3 cm³/mol. The van der Waals surface area contributed by atoms with Crippen molar-refractivity contribution in [3.8, 4) is 0 Å². The molecule has 1 aliphatic rings. The fourth-order valence-electron chi connectivity index (χ4n) is 2.35. The van der Waals surface area contributed by atoms with Crippen LogP contribution in [0.5, 0.6) is 0 Å². The van der Waals surface area contributed by atoms with E-state index in [2.05, 4.69) is 28.2 Å². The molecule has 0 radical (unpaired) electrons. The second-order valence-corrected chi connectivity index (χ2v) is 6.09. The fraction of sp³-hybridized carbons (Fsp3) is 0.615. The molecule has 1 fully saturated rings. The number of hydrogen-bond acceptors (Lipinski definition) is 2. The van der Waals surface area contributed by atoms with Crippen LogP contribution in [-0.4, -0.2) is 16.8 Å². The van der Waals surface area contributed by atoms with Gasteiger partial charge < -0.3 is 9.73 Å². The molecule has 0 atom stereocenters. The van der Waals surface area contributed by atoms with E-state index in [9.17, 15) is 4.79 Å². The molecule has 0 bridgehead atoms. The molecule has 0 unspecified atom stereocenters. The molecule has 1 saturated carbocycles. The minimum absolute atomic E-state index is 0.150. The van der Waals surface area contributed by atoms with Crippen LogP contribution in [0.3, 0.4) is 0 Å². The van der Waals surface area contributed by atoms with Gasteiger partial charge in [-0.05, 0) is 55.3 Å². The molecule has 0 aromatic carbocycles. The lowest BCUT2D eigenvalue weighted by atomic mass is 9.78. The quantitative estimate of drug-likeness (QED) is 0.849. The smallest absolute Gasteiger partial charge is 0.287 e. The standard InChI is InChI=1S/C13H17BrClNO2/c1-9-4-6-13(8-14,7-5-9)16-12(17)10-2-3-11(15)18-10/h2-3,9H,4-8H2,1H3,(H,16,17). The Kier molecular flexibility index (Phi) is 4.38. The number of amides is 1. The Morgan fingerprint density at radius 1 is 1.56 bits per heavy atom. The van der Waals surface area contributed by atoms with Crippen LogP contribution in [0.4, 0.5) is 0 Å². The SMILES string of the molecule is CC1CCC(CBr)(NC(=O)c2ccc(Cl)o2)CC1. The highest BCUT2D eigenvalue weighted by Crippen LogP contribution is 2.33. The molecule has 2 rings (SSSR count). The zero-order chi connectivity index (χ0) is 13.2. The third kappa shape index (κ3) is 3.09. The van der Waals surface area contributed by atoms with Gasteiger partial charge >= 0.3 is 0 Å². The Bertz CT molecular complexity index is 424. The van der Waals surface area contributed by atoms with Gasteiger partial charge in [0.05, 0.1) is 5.54 Å². The number of nitrogens with one attached hydrogen (secondary N) is 1. The van der Waals surface area contributed by atoms with Crippen molar-refractivity contribution in [3.05, 3.63) is 23.1 Å². The molecule has 18 heavy (non-hydrogen) atoms. The van der Waals surface area contributed by atoms with Crippen molar-refractivity contribution in [1.29, 1.82) is 0 Å². The number of alkyl halides is 1. The third-order valence-corrected chi connectivity index (χ3v) is 4.94. The Hall–Kier alpha value is -0.480. The van der Waals surface area contributed by atoms with Crippen LogP contribution >= 0.6 is 27.5 Å². The van der Waals surface area contributed by atoms with Crippen molar-refractivity contribution in [2.24, 2.45) is 5.92 Å². The van der Waals surface area contributed by atoms with E-state index in [1.54, 1.807) is 12.1 Å². The van der Waals surface area contributed by atoms with Crippen LogP contribution in [0.15, 0.2) is 16.5 Å². The molecule has 1 aliphatic carbocycles. The van der Waals surface area contributed by atoms with Crippen LogP contribution in [0, 0.1) is 5.92 Å². The van der Waals surface area contributed by atoms with Crippen molar-refractivity contribution in [1.82, 2.24) is 5.32 Å². The number of carbonyl (C=O) groups is 1. The minimum Gasteiger partial charge on any atom is -0.440 e. The number of hydrogen-bond donors (Lipinski definition) is 1. The Morgan fingerprint density at radius 2 is 2.22 bits per heavy atom. The van der Waals surface area contributed by atoms with E-state index >= 15 is 0 Å². The zero-order valence-corrected chi connectivity index (χ0v) is 12.7. The number of carbonyl (C=O) groups excluding carboxylic acids is 1. The lowest BCUT2D eigenvalue weighted by molar-refractivity contribution is 0.0846. The number of furan rings is 1. The summed E-state index contributed by atoms with van der Waals surface area (Å²) in [6, 6.07) is 3.19. The first-order valence-electron chi connectivity index (χ1n) is 6.18. The molecule has 0 aliphatic heterocycles. The average molecular weight is 335 g/mol. The van der Waals surface area contributed by atoms with Gasteiger partial charge in [0.15, 0.2) is 11.0 Å². The summed E-state index contributed by atoms with van der Waals surface area (Å²) in [6.07, 6.45) is 4.29. The molecule has 1 aromatic rings. The second-order valence-electron chi connectivity index (χ2n) is 5.15. The highest BCUT2D eigenvalue weighted by Gasteiger charge is 2.35. The Morgan fingerprint density at radius 3 is 2.72 bits per heavy atom. The summed E-state index contributed by atoms with van der Waals surface area (Å²) < 4.78 is 5.14. The van der Waals surface area contributed by atoms with E-state index < -0.39 is 0 Å². The van der Waals surface area contributed by atoms with Crippen LogP contribution in [0.2, 0.25) is 5.22 Å². The van der Waals surface area contributed by atoms with Crippen LogP contribution in [-0.2, 0) is 0 Å². The lowest BCUT2D eigenvalue weighted by Crippen LogP contribution is -2.51. The van der Waals surface area contributed by atoms with Crippen molar-refractivity contribution >= 4 is 33.4 Å². The molecule has 3 nitrogen and oxygen atoms in total. The summed E-state index contributed by atoms with van der Waals surface area (Å²) in [5.41, 5.74) is -0.150. The molecule has 1 heterocycles. The molecule has 1 amide bonds. The number of rotatable bonds is 3. The Balaban J connectivity index is 2.04. The number of halogens is 2. The largest absolute Gasteiger partial charge is 0.440 e. The molecular weight excluding hydrogens is 318 g/mol. The maximum absolute atomic E-state index is 12.1. The van der Waals surface area contributed by atoms with E-state index in [1.807, 2.05) is 0 Å². The van der Waals surface area contributed by atoms with E-state index in [0.29, 0.717) is 0 Å². The van der Waals surface area contributed by atoms with Gasteiger partial charge in [0.25, 0.3) is 5.91 Å². The minimum atomic E-state index is -0.184. The van der Waals surface area contributed by atoms with Gasteiger partial charge in [0.2, 0.25) is 0 Å². The molecule has 0 saturated heterocycles. The van der Waals surface area contributed by atoms with Crippen molar-refractivity contribution in [2.75, 3.05) is 5.33 Å². The molecular formula is C13H17BrClNO2. The van der Waals surface area contributed by atoms with Crippen LogP contribution < -0.4 is 5.32 Å². The predicted octanol–water partition coefficient (Wildman–Crippen LogP) is 4.01. The maximum Gasteiger partial charge on any atom is 0.287 e. The second kappa shape index (κ2) is 5.66. The van der Waals surface area contributed by atoms with E-state index in [1.165, 1.54) is 0 Å².